The zero-order valence-corrected chi connectivity index (χ0v) is 18.0. The molecular formula is C21H14Br2N2O4. The zero-order valence-electron chi connectivity index (χ0n) is 14.8. The molecule has 3 rings (SSSR count). The van der Waals surface area contributed by atoms with Gasteiger partial charge >= 0.3 is 11.9 Å². The van der Waals surface area contributed by atoms with E-state index in [9.17, 15) is 9.59 Å². The number of esters is 1. The molecule has 1 N–H and O–H groups in total. The van der Waals surface area contributed by atoms with Gasteiger partial charge in [-0.25, -0.2) is 10.2 Å². The predicted octanol–water partition coefficient (Wildman–Crippen LogP) is 5.19. The van der Waals surface area contributed by atoms with E-state index < -0.39 is 11.9 Å². The molecule has 0 saturated heterocycles. The van der Waals surface area contributed by atoms with Crippen molar-refractivity contribution in [3.8, 4) is 5.75 Å². The van der Waals surface area contributed by atoms with Crippen LogP contribution in [-0.2, 0) is 4.79 Å². The summed E-state index contributed by atoms with van der Waals surface area (Å²) in [5.74, 6) is -0.628. The molecule has 0 fully saturated rings. The Morgan fingerprint density at radius 3 is 2.55 bits per heavy atom. The number of halogens is 2. The van der Waals surface area contributed by atoms with Gasteiger partial charge in [0.15, 0.2) is 10.4 Å². The summed E-state index contributed by atoms with van der Waals surface area (Å²) in [7, 11) is 0. The topological polar surface area (TPSA) is 80.9 Å². The molecule has 2 aromatic carbocycles. The Morgan fingerprint density at radius 1 is 1.03 bits per heavy atom. The minimum Gasteiger partial charge on any atom is -0.444 e. The van der Waals surface area contributed by atoms with E-state index in [4.69, 9.17) is 9.15 Å². The van der Waals surface area contributed by atoms with Gasteiger partial charge in [-0.2, -0.15) is 5.10 Å². The number of nitrogens with zero attached hydrogens (tertiary/aromatic N) is 1. The van der Waals surface area contributed by atoms with Crippen molar-refractivity contribution in [3.63, 3.8) is 0 Å². The highest BCUT2D eigenvalue weighted by atomic mass is 79.9. The summed E-state index contributed by atoms with van der Waals surface area (Å²) < 4.78 is 11.8. The third-order valence-corrected chi connectivity index (χ3v) is 4.48. The number of hydrogen-bond acceptors (Lipinski definition) is 5. The van der Waals surface area contributed by atoms with E-state index in [-0.39, 0.29) is 5.76 Å². The fraction of sp³-hybridized carbons (Fsp3) is 0. The number of carbonyl (C=O) groups excluding carboxylic acids is 2. The van der Waals surface area contributed by atoms with Crippen molar-refractivity contribution in [1.29, 1.82) is 0 Å². The number of ether oxygens (including phenoxy) is 1. The van der Waals surface area contributed by atoms with E-state index in [2.05, 4.69) is 42.4 Å². The van der Waals surface area contributed by atoms with E-state index in [1.807, 2.05) is 30.3 Å². The summed E-state index contributed by atoms with van der Waals surface area (Å²) in [6.07, 6.45) is 4.38. The van der Waals surface area contributed by atoms with Crippen molar-refractivity contribution in [1.82, 2.24) is 5.43 Å². The minimum atomic E-state index is -0.532. The summed E-state index contributed by atoms with van der Waals surface area (Å²) in [6, 6.07) is 17.6. The van der Waals surface area contributed by atoms with Crippen LogP contribution in [0.3, 0.4) is 0 Å². The van der Waals surface area contributed by atoms with Gasteiger partial charge in [0.2, 0.25) is 0 Å². The molecule has 0 radical (unpaired) electrons. The van der Waals surface area contributed by atoms with Crippen molar-refractivity contribution in [2.45, 2.75) is 0 Å². The number of hydrogen-bond donors (Lipinski definition) is 1. The number of furan rings is 1. The number of amides is 1. The first-order valence-electron chi connectivity index (χ1n) is 8.34. The summed E-state index contributed by atoms with van der Waals surface area (Å²) in [5, 5.41) is 3.90. The summed E-state index contributed by atoms with van der Waals surface area (Å²) in [5.41, 5.74) is 3.74. The maximum absolute atomic E-state index is 12.1. The summed E-state index contributed by atoms with van der Waals surface area (Å²) in [4.78, 5) is 24.1. The van der Waals surface area contributed by atoms with E-state index in [0.29, 0.717) is 16.0 Å². The van der Waals surface area contributed by atoms with Gasteiger partial charge in [-0.1, -0.05) is 46.3 Å². The lowest BCUT2D eigenvalue weighted by molar-refractivity contribution is -0.128. The predicted molar refractivity (Wildman–Crippen MR) is 117 cm³/mol. The lowest BCUT2D eigenvalue weighted by Gasteiger charge is -2.06. The monoisotopic (exact) mass is 516 g/mol. The SMILES string of the molecule is O=C(C=Cc1ccccc1)Oc1ccc(Br)cc1C=NNC(=O)c1ccc(Br)o1. The normalized spacial score (nSPS) is 11.1. The second-order valence-electron chi connectivity index (χ2n) is 5.65. The molecule has 0 unspecified atom stereocenters. The average molecular weight is 518 g/mol. The first-order chi connectivity index (χ1) is 14.0. The molecule has 3 aromatic rings. The molecule has 0 saturated carbocycles. The fourth-order valence-corrected chi connectivity index (χ4v) is 2.92. The van der Waals surface area contributed by atoms with E-state index in [0.717, 1.165) is 10.0 Å². The van der Waals surface area contributed by atoms with Gasteiger partial charge in [0.1, 0.15) is 5.75 Å². The maximum Gasteiger partial charge on any atom is 0.336 e. The van der Waals surface area contributed by atoms with Crippen LogP contribution in [0.1, 0.15) is 21.7 Å². The van der Waals surface area contributed by atoms with Crippen molar-refractivity contribution >= 4 is 56.0 Å². The molecule has 1 heterocycles. The highest BCUT2D eigenvalue weighted by molar-refractivity contribution is 9.10. The molecular weight excluding hydrogens is 504 g/mol. The summed E-state index contributed by atoms with van der Waals surface area (Å²) in [6.45, 7) is 0. The standard InChI is InChI=1S/C21H14Br2N2O4/c22-16-7-8-17(29-20(26)11-6-14-4-2-1-3-5-14)15(12-16)13-24-25-21(27)18-9-10-19(23)28-18/h1-13H,(H,25,27). The van der Waals surface area contributed by atoms with E-state index in [1.54, 1.807) is 30.3 Å². The van der Waals surface area contributed by atoms with E-state index >= 15 is 0 Å². The molecule has 0 aliphatic rings. The molecule has 0 aliphatic carbocycles. The smallest absolute Gasteiger partial charge is 0.336 e. The van der Waals surface area contributed by atoms with Crippen LogP contribution in [-0.4, -0.2) is 18.1 Å². The highest BCUT2D eigenvalue weighted by Crippen LogP contribution is 2.22. The zero-order chi connectivity index (χ0) is 20.6. The van der Waals surface area contributed by atoms with Crippen LogP contribution < -0.4 is 10.2 Å². The average Bonchev–Trinajstić information content (AvgIpc) is 3.15. The largest absolute Gasteiger partial charge is 0.444 e. The quantitative estimate of drug-likeness (QED) is 0.160. The van der Waals surface area contributed by atoms with Crippen LogP contribution in [0.25, 0.3) is 6.08 Å². The first kappa shape index (κ1) is 20.8. The molecule has 0 spiro atoms. The van der Waals surface area contributed by atoms with Crippen LogP contribution >= 0.6 is 31.9 Å². The lowest BCUT2D eigenvalue weighted by atomic mass is 10.2. The van der Waals surface area contributed by atoms with Crippen LogP contribution in [0.2, 0.25) is 0 Å². The lowest BCUT2D eigenvalue weighted by Crippen LogP contribution is -2.17. The van der Waals surface area contributed by atoms with Gasteiger partial charge in [-0.05, 0) is 57.9 Å². The van der Waals surface area contributed by atoms with Crippen molar-refractivity contribution in [2.24, 2.45) is 5.10 Å². The Hall–Kier alpha value is -2.97. The van der Waals surface area contributed by atoms with Gasteiger partial charge in [-0.15, -0.1) is 0 Å². The minimum absolute atomic E-state index is 0.112. The molecule has 1 aromatic heterocycles. The van der Waals surface area contributed by atoms with Crippen molar-refractivity contribution in [3.05, 3.63) is 92.8 Å². The molecule has 146 valence electrons. The second kappa shape index (κ2) is 9.99. The molecule has 8 heteroatoms. The Labute approximate surface area is 183 Å². The van der Waals surface area contributed by atoms with Crippen molar-refractivity contribution in [2.75, 3.05) is 0 Å². The Bertz CT molecular complexity index is 1080. The third-order valence-electron chi connectivity index (χ3n) is 3.56. The van der Waals surface area contributed by atoms with E-state index in [1.165, 1.54) is 18.4 Å². The number of nitrogens with one attached hydrogen (secondary N) is 1. The van der Waals surface area contributed by atoms with Gasteiger partial charge < -0.3 is 9.15 Å². The second-order valence-corrected chi connectivity index (χ2v) is 7.35. The van der Waals surface area contributed by atoms with Gasteiger partial charge in [0.05, 0.1) is 6.21 Å². The highest BCUT2D eigenvalue weighted by Gasteiger charge is 2.10. The van der Waals surface area contributed by atoms with Gasteiger partial charge in [0, 0.05) is 16.1 Å². The molecule has 0 aliphatic heterocycles. The van der Waals surface area contributed by atoms with Gasteiger partial charge in [-0.3, -0.25) is 4.79 Å². The number of benzene rings is 2. The molecule has 29 heavy (non-hydrogen) atoms. The molecule has 1 amide bonds. The van der Waals surface area contributed by atoms with Crippen LogP contribution in [0.5, 0.6) is 5.75 Å². The number of hydrazone groups is 1. The first-order valence-corrected chi connectivity index (χ1v) is 9.93. The Kier molecular flexibility index (Phi) is 7.15. The molecule has 0 atom stereocenters. The van der Waals surface area contributed by atoms with Crippen LogP contribution in [0, 0.1) is 0 Å². The Morgan fingerprint density at radius 2 is 1.83 bits per heavy atom. The molecule has 6 nitrogen and oxygen atoms in total. The number of carbonyl (C=O) groups is 2. The van der Waals surface area contributed by atoms with Crippen LogP contribution in [0.15, 0.2) is 85.4 Å². The Balaban J connectivity index is 1.68. The van der Waals surface area contributed by atoms with Crippen LogP contribution in [0.4, 0.5) is 0 Å². The number of rotatable bonds is 6. The summed E-state index contributed by atoms with van der Waals surface area (Å²) >= 11 is 6.49. The van der Waals surface area contributed by atoms with Crippen molar-refractivity contribution < 1.29 is 18.7 Å². The molecule has 0 bridgehead atoms. The fourth-order valence-electron chi connectivity index (χ4n) is 2.24. The van der Waals surface area contributed by atoms with Gasteiger partial charge in [0.25, 0.3) is 0 Å². The maximum atomic E-state index is 12.1. The third kappa shape index (κ3) is 6.27.